The predicted molar refractivity (Wildman–Crippen MR) is 289 cm³/mol. The Morgan fingerprint density at radius 1 is 0.308 bits per heavy atom. The van der Waals surface area contributed by atoms with Gasteiger partial charge in [-0.15, -0.1) is 0 Å². The second kappa shape index (κ2) is 48.2. The molecule has 0 bridgehead atoms. The predicted octanol–water partition coefficient (Wildman–Crippen LogP) is 21.6. The summed E-state index contributed by atoms with van der Waals surface area (Å²) in [5.41, 5.74) is 3.85. The van der Waals surface area contributed by atoms with Gasteiger partial charge >= 0.3 is 7.82 Å². The summed E-state index contributed by atoms with van der Waals surface area (Å²) < 4.78 is 17.6. The summed E-state index contributed by atoms with van der Waals surface area (Å²) in [5, 5.41) is 0. The van der Waals surface area contributed by atoms with Crippen molar-refractivity contribution in [2.45, 2.75) is 348 Å². The Hall–Kier alpha value is -0.830. The fraction of sp³-hybridized carbons (Fsp3) is 0.900. The molecule has 0 unspecified atom stereocenters. The number of phosphoric ester groups is 1. The zero-order valence-corrected chi connectivity index (χ0v) is 45.3. The molecule has 2 N–H and O–H groups in total. The third-order valence-corrected chi connectivity index (χ3v) is 15.0. The van der Waals surface area contributed by atoms with Crippen molar-refractivity contribution in [2.24, 2.45) is 0 Å². The van der Waals surface area contributed by atoms with Crippen LogP contribution in [0.2, 0.25) is 0 Å². The zero-order chi connectivity index (χ0) is 47.0. The minimum atomic E-state index is -4.64. The highest BCUT2D eigenvalue weighted by Crippen LogP contribution is 2.42. The Morgan fingerprint density at radius 2 is 0.523 bits per heavy atom. The van der Waals surface area contributed by atoms with E-state index in [9.17, 15) is 14.4 Å². The molecule has 0 fully saturated rings. The van der Waals surface area contributed by atoms with Gasteiger partial charge in [0.05, 0.1) is 0 Å². The molecule has 0 aliphatic carbocycles. The van der Waals surface area contributed by atoms with Crippen LogP contribution in [0.1, 0.15) is 346 Å². The molecule has 0 amide bonds. The van der Waals surface area contributed by atoms with E-state index in [-0.39, 0.29) is 0 Å². The van der Waals surface area contributed by atoms with Gasteiger partial charge in [0.15, 0.2) is 0 Å². The average molecular weight is 932 g/mol. The fourth-order valence-electron chi connectivity index (χ4n) is 10.3. The van der Waals surface area contributed by atoms with E-state index in [1.165, 1.54) is 306 Å². The topological polar surface area (TPSA) is 66.8 Å². The van der Waals surface area contributed by atoms with Gasteiger partial charge in [-0.05, 0) is 61.3 Å². The molecule has 5 heteroatoms. The summed E-state index contributed by atoms with van der Waals surface area (Å²) in [6.07, 6.45) is 68.4. The molecule has 0 atom stereocenters. The van der Waals surface area contributed by atoms with E-state index in [0.717, 1.165) is 37.7 Å². The van der Waals surface area contributed by atoms with Gasteiger partial charge in [-0.1, -0.05) is 316 Å². The maximum Gasteiger partial charge on any atom is 0.524 e. The van der Waals surface area contributed by atoms with E-state index in [1.807, 2.05) is 6.07 Å². The quantitative estimate of drug-likeness (QED) is 0.0505. The van der Waals surface area contributed by atoms with Crippen molar-refractivity contribution in [3.8, 4) is 5.75 Å². The van der Waals surface area contributed by atoms with Crippen molar-refractivity contribution >= 4 is 7.82 Å². The van der Waals surface area contributed by atoms with Crippen LogP contribution in [0.15, 0.2) is 12.1 Å². The maximum absolute atomic E-state index is 12.2. The number of benzene rings is 1. The van der Waals surface area contributed by atoms with Gasteiger partial charge in [-0.3, -0.25) is 9.79 Å². The van der Waals surface area contributed by atoms with Crippen LogP contribution in [0.4, 0.5) is 0 Å². The number of hydrogen-bond acceptors (Lipinski definition) is 2. The fourth-order valence-corrected chi connectivity index (χ4v) is 10.7. The van der Waals surface area contributed by atoms with E-state index in [1.54, 1.807) is 0 Å². The molecule has 65 heavy (non-hydrogen) atoms. The van der Waals surface area contributed by atoms with Crippen molar-refractivity contribution < 1.29 is 18.9 Å². The molecule has 1 aromatic carbocycles. The van der Waals surface area contributed by atoms with Gasteiger partial charge in [0.1, 0.15) is 5.75 Å². The number of rotatable bonds is 53. The summed E-state index contributed by atoms with van der Waals surface area (Å²) in [4.78, 5) is 19.9. The highest BCUT2D eigenvalue weighted by atomic mass is 31.2. The van der Waals surface area contributed by atoms with Crippen LogP contribution in [0.3, 0.4) is 0 Å². The molecular weight excluding hydrogens is 816 g/mol. The Balaban J connectivity index is 2.58. The molecule has 0 saturated heterocycles. The second-order valence-electron chi connectivity index (χ2n) is 20.9. The van der Waals surface area contributed by atoms with Gasteiger partial charge < -0.3 is 4.52 Å². The number of phosphoric acid groups is 1. The molecule has 0 spiro atoms. The van der Waals surface area contributed by atoms with Gasteiger partial charge in [-0.2, -0.15) is 0 Å². The lowest BCUT2D eigenvalue weighted by Crippen LogP contribution is -2.05. The lowest BCUT2D eigenvalue weighted by molar-refractivity contribution is 0.282. The Morgan fingerprint density at radius 3 is 0.769 bits per heavy atom. The lowest BCUT2D eigenvalue weighted by Gasteiger charge is -2.20. The third kappa shape index (κ3) is 41.8. The van der Waals surface area contributed by atoms with Gasteiger partial charge in [-0.25, -0.2) is 4.57 Å². The van der Waals surface area contributed by atoms with Crippen LogP contribution in [-0.4, -0.2) is 9.79 Å². The zero-order valence-electron chi connectivity index (χ0n) is 44.4. The third-order valence-electron chi connectivity index (χ3n) is 14.6. The van der Waals surface area contributed by atoms with E-state index in [2.05, 4.69) is 26.8 Å². The summed E-state index contributed by atoms with van der Waals surface area (Å²) >= 11 is 0. The molecule has 0 radical (unpaired) electrons. The van der Waals surface area contributed by atoms with Crippen LogP contribution in [0.25, 0.3) is 0 Å². The molecule has 1 rings (SSSR count). The van der Waals surface area contributed by atoms with E-state index in [4.69, 9.17) is 4.52 Å². The van der Waals surface area contributed by atoms with Crippen LogP contribution >= 0.6 is 7.82 Å². The monoisotopic (exact) mass is 931 g/mol. The van der Waals surface area contributed by atoms with Gasteiger partial charge in [0, 0.05) is 0 Å². The molecule has 0 aromatic heterocycles. The number of unbranched alkanes of at least 4 members (excludes halogenated alkanes) is 45. The highest BCUT2D eigenvalue weighted by molar-refractivity contribution is 7.46. The molecule has 0 saturated carbocycles. The average Bonchev–Trinajstić information content (AvgIpc) is 3.29. The van der Waals surface area contributed by atoms with Crippen LogP contribution in [0.5, 0.6) is 5.75 Å². The van der Waals surface area contributed by atoms with Gasteiger partial charge in [0.25, 0.3) is 0 Å². The standard InChI is InChI=1S/C60H115O4P/c1-4-7-10-13-16-19-22-25-28-31-34-37-40-43-46-49-52-57-55-56-60(64-65(61,62)63)59(54-51-48-45-42-39-36-33-30-27-24-21-18-15-12-9-6-3)58(57)53-50-47-44-41-38-35-32-29-26-23-20-17-14-11-8-5-2/h55-56H,4-54H2,1-3H3,(H2,61,62,63). The minimum absolute atomic E-state index is 0.432. The molecular formula is C60H115O4P. The number of hydrogen-bond donors (Lipinski definition) is 2. The van der Waals surface area contributed by atoms with Crippen molar-refractivity contribution in [1.82, 2.24) is 0 Å². The van der Waals surface area contributed by atoms with Crippen molar-refractivity contribution in [3.05, 3.63) is 28.8 Å². The maximum atomic E-state index is 12.2. The number of aryl methyl sites for hydroxylation is 1. The van der Waals surface area contributed by atoms with Crippen LogP contribution in [-0.2, 0) is 23.8 Å². The van der Waals surface area contributed by atoms with Crippen molar-refractivity contribution in [1.29, 1.82) is 0 Å². The summed E-state index contributed by atoms with van der Waals surface area (Å²) in [6.45, 7) is 6.89. The van der Waals surface area contributed by atoms with Crippen LogP contribution < -0.4 is 4.52 Å². The molecule has 0 aliphatic rings. The molecule has 384 valence electrons. The second-order valence-corrected chi connectivity index (χ2v) is 22.1. The van der Waals surface area contributed by atoms with Crippen molar-refractivity contribution in [2.75, 3.05) is 0 Å². The highest BCUT2D eigenvalue weighted by Gasteiger charge is 2.22. The van der Waals surface area contributed by atoms with Crippen LogP contribution in [0, 0.1) is 0 Å². The first-order chi connectivity index (χ1) is 31.9. The summed E-state index contributed by atoms with van der Waals surface area (Å²) in [6, 6.07) is 4.04. The Labute approximate surface area is 407 Å². The van der Waals surface area contributed by atoms with Crippen molar-refractivity contribution in [3.63, 3.8) is 0 Å². The Bertz CT molecular complexity index is 1160. The first kappa shape index (κ1) is 62.2. The minimum Gasteiger partial charge on any atom is -0.404 e. The van der Waals surface area contributed by atoms with E-state index in [0.29, 0.717) is 5.75 Å². The molecule has 1 aromatic rings. The smallest absolute Gasteiger partial charge is 0.404 e. The lowest BCUT2D eigenvalue weighted by atomic mass is 9.89. The SMILES string of the molecule is CCCCCCCCCCCCCCCCCCc1ccc(OP(=O)(O)O)c(CCCCCCCCCCCCCCCCCC)c1CCCCCCCCCCCCCCCCCC. The summed E-state index contributed by atoms with van der Waals surface area (Å²) in [7, 11) is -4.64. The first-order valence-corrected chi connectivity index (χ1v) is 31.3. The first-order valence-electron chi connectivity index (χ1n) is 29.8. The molecule has 0 aliphatic heterocycles. The van der Waals surface area contributed by atoms with E-state index >= 15 is 0 Å². The van der Waals surface area contributed by atoms with E-state index < -0.39 is 7.82 Å². The largest absolute Gasteiger partial charge is 0.524 e. The summed E-state index contributed by atoms with van der Waals surface area (Å²) in [5.74, 6) is 0.432. The molecule has 0 heterocycles. The molecule has 4 nitrogen and oxygen atoms in total. The normalized spacial score (nSPS) is 11.9. The van der Waals surface area contributed by atoms with Gasteiger partial charge in [0.2, 0.25) is 0 Å². The Kier molecular flexibility index (Phi) is 46.1.